The van der Waals surface area contributed by atoms with Crippen LogP contribution < -0.4 is 16.1 Å². The summed E-state index contributed by atoms with van der Waals surface area (Å²) in [5.41, 5.74) is 1.38. The van der Waals surface area contributed by atoms with Crippen molar-refractivity contribution in [1.29, 1.82) is 5.26 Å². The lowest BCUT2D eigenvalue weighted by Gasteiger charge is -2.28. The molecule has 3 heterocycles. The molecule has 0 spiro atoms. The van der Waals surface area contributed by atoms with E-state index in [-0.39, 0.29) is 11.6 Å². The number of aromatic nitrogens is 4. The molecule has 2 aromatic heterocycles. The molecule has 0 radical (unpaired) electrons. The Hall–Kier alpha value is -2.82. The van der Waals surface area contributed by atoms with Gasteiger partial charge in [-0.25, -0.2) is 9.78 Å². The monoisotopic (exact) mass is 354 g/mol. The maximum atomic E-state index is 12.4. The number of hydrogen-bond acceptors (Lipinski definition) is 5. The molecule has 0 bridgehead atoms. The summed E-state index contributed by atoms with van der Waals surface area (Å²) in [6.07, 6.45) is 6.14. The molecule has 1 atom stereocenters. The van der Waals surface area contributed by atoms with Gasteiger partial charge in [-0.2, -0.15) is 5.26 Å². The number of aromatic amines is 1. The summed E-state index contributed by atoms with van der Waals surface area (Å²) < 4.78 is 2.39. The van der Waals surface area contributed by atoms with E-state index in [1.54, 1.807) is 7.05 Å². The molecule has 0 amide bonds. The second-order valence-corrected chi connectivity index (χ2v) is 7.12. The highest BCUT2D eigenvalue weighted by molar-refractivity contribution is 5.55. The Morgan fingerprint density at radius 2 is 1.92 bits per heavy atom. The van der Waals surface area contributed by atoms with Crippen LogP contribution >= 0.6 is 0 Å². The molecular formula is C18H22N6O2. The van der Waals surface area contributed by atoms with Crippen LogP contribution in [0.5, 0.6) is 0 Å². The Balaban J connectivity index is 1.83. The number of imidazole rings is 1. The largest absolute Gasteiger partial charge is 0.346 e. The van der Waals surface area contributed by atoms with Gasteiger partial charge in [0.2, 0.25) is 0 Å². The van der Waals surface area contributed by atoms with E-state index >= 15 is 0 Å². The summed E-state index contributed by atoms with van der Waals surface area (Å²) in [5, 5.41) is 9.56. The maximum absolute atomic E-state index is 12.4. The van der Waals surface area contributed by atoms with Gasteiger partial charge in [0.15, 0.2) is 5.56 Å². The third-order valence-corrected chi connectivity index (χ3v) is 5.56. The molecule has 0 saturated carbocycles. The molecule has 136 valence electrons. The number of anilines is 1. The number of nitrogens with zero attached hydrogens (tertiary/aromatic N) is 5. The molecule has 8 heteroatoms. The van der Waals surface area contributed by atoms with E-state index in [1.807, 2.05) is 11.0 Å². The first kappa shape index (κ1) is 16.6. The first-order valence-corrected chi connectivity index (χ1v) is 9.07. The minimum Gasteiger partial charge on any atom is -0.346 e. The average Bonchev–Trinajstić information content (AvgIpc) is 3.28. The SMILES string of the molecule is Cn1c(N2CCCC2c2nc3c([nH]2)CCCC3)c(C#N)c(=O)n(C)c1=O. The van der Waals surface area contributed by atoms with Crippen molar-refractivity contribution in [2.75, 3.05) is 11.4 Å². The lowest BCUT2D eigenvalue weighted by atomic mass is 10.0. The fourth-order valence-electron chi connectivity index (χ4n) is 4.21. The van der Waals surface area contributed by atoms with Crippen LogP contribution in [-0.2, 0) is 26.9 Å². The van der Waals surface area contributed by atoms with E-state index in [0.29, 0.717) is 12.4 Å². The summed E-state index contributed by atoms with van der Waals surface area (Å²) in [4.78, 5) is 35.1. The van der Waals surface area contributed by atoms with Gasteiger partial charge in [-0.1, -0.05) is 0 Å². The number of nitriles is 1. The second kappa shape index (κ2) is 6.16. The van der Waals surface area contributed by atoms with Gasteiger partial charge in [-0.15, -0.1) is 0 Å². The average molecular weight is 354 g/mol. The molecule has 2 aliphatic rings. The summed E-state index contributed by atoms with van der Waals surface area (Å²) in [5.74, 6) is 1.28. The van der Waals surface area contributed by atoms with Crippen LogP contribution in [0.1, 0.15) is 54.5 Å². The third kappa shape index (κ3) is 2.38. The highest BCUT2D eigenvalue weighted by Crippen LogP contribution is 2.36. The minimum absolute atomic E-state index is 0.0119. The van der Waals surface area contributed by atoms with Gasteiger partial charge in [0.25, 0.3) is 5.56 Å². The van der Waals surface area contributed by atoms with E-state index in [1.165, 1.54) is 23.7 Å². The Bertz CT molecular complexity index is 999. The minimum atomic E-state index is -0.546. The van der Waals surface area contributed by atoms with Crippen LogP contribution in [0.15, 0.2) is 9.59 Å². The van der Waals surface area contributed by atoms with Crippen molar-refractivity contribution in [3.63, 3.8) is 0 Å². The molecule has 1 saturated heterocycles. The Morgan fingerprint density at radius 1 is 1.15 bits per heavy atom. The molecule has 1 N–H and O–H groups in total. The number of aryl methyl sites for hydroxylation is 2. The third-order valence-electron chi connectivity index (χ3n) is 5.56. The zero-order valence-corrected chi connectivity index (χ0v) is 15.1. The predicted octanol–water partition coefficient (Wildman–Crippen LogP) is 0.899. The number of fused-ring (bicyclic) bond motifs is 1. The Labute approximate surface area is 150 Å². The topological polar surface area (TPSA) is 99.7 Å². The van der Waals surface area contributed by atoms with Crippen LogP contribution in [0.4, 0.5) is 5.82 Å². The van der Waals surface area contributed by atoms with Gasteiger partial charge in [0.05, 0.1) is 11.7 Å². The lowest BCUT2D eigenvalue weighted by molar-refractivity contribution is 0.621. The van der Waals surface area contributed by atoms with Crippen LogP contribution in [0.25, 0.3) is 0 Å². The molecule has 26 heavy (non-hydrogen) atoms. The van der Waals surface area contributed by atoms with Crippen molar-refractivity contribution in [1.82, 2.24) is 19.1 Å². The van der Waals surface area contributed by atoms with Crippen molar-refractivity contribution in [3.05, 3.63) is 43.6 Å². The van der Waals surface area contributed by atoms with Gasteiger partial charge in [0.1, 0.15) is 17.7 Å². The molecule has 1 aliphatic heterocycles. The van der Waals surface area contributed by atoms with Crippen molar-refractivity contribution >= 4 is 5.82 Å². The number of H-pyrrole nitrogens is 1. The highest BCUT2D eigenvalue weighted by Gasteiger charge is 2.34. The van der Waals surface area contributed by atoms with Gasteiger partial charge >= 0.3 is 5.69 Å². The van der Waals surface area contributed by atoms with Gasteiger partial charge in [0, 0.05) is 26.3 Å². The zero-order valence-electron chi connectivity index (χ0n) is 15.1. The second-order valence-electron chi connectivity index (χ2n) is 7.12. The summed E-state index contributed by atoms with van der Waals surface area (Å²) in [6.45, 7) is 0.686. The van der Waals surface area contributed by atoms with E-state index in [9.17, 15) is 14.9 Å². The first-order chi connectivity index (χ1) is 12.5. The van der Waals surface area contributed by atoms with Crippen molar-refractivity contribution in [3.8, 4) is 6.07 Å². The van der Waals surface area contributed by atoms with Gasteiger partial charge in [-0.3, -0.25) is 13.9 Å². The molecular weight excluding hydrogens is 332 g/mol. The summed E-state index contributed by atoms with van der Waals surface area (Å²) in [6, 6.07) is 1.95. The zero-order chi connectivity index (χ0) is 18.4. The van der Waals surface area contributed by atoms with Crippen molar-refractivity contribution in [2.24, 2.45) is 14.1 Å². The smallest absolute Gasteiger partial charge is 0.332 e. The van der Waals surface area contributed by atoms with Crippen LogP contribution in [0.2, 0.25) is 0 Å². The van der Waals surface area contributed by atoms with E-state index in [4.69, 9.17) is 4.98 Å². The molecule has 1 unspecified atom stereocenters. The fraction of sp³-hybridized carbons (Fsp3) is 0.556. The quantitative estimate of drug-likeness (QED) is 0.864. The van der Waals surface area contributed by atoms with Crippen LogP contribution in [0.3, 0.4) is 0 Å². The highest BCUT2D eigenvalue weighted by atomic mass is 16.2. The molecule has 1 aliphatic carbocycles. The normalized spacial score (nSPS) is 19.4. The molecule has 0 aromatic carbocycles. The van der Waals surface area contributed by atoms with E-state index in [2.05, 4.69) is 4.98 Å². The molecule has 8 nitrogen and oxygen atoms in total. The van der Waals surface area contributed by atoms with Crippen molar-refractivity contribution in [2.45, 2.75) is 44.6 Å². The summed E-state index contributed by atoms with van der Waals surface area (Å²) in [7, 11) is 3.01. The van der Waals surface area contributed by atoms with Gasteiger partial charge < -0.3 is 9.88 Å². The predicted molar refractivity (Wildman–Crippen MR) is 96.2 cm³/mol. The molecule has 1 fully saturated rings. The number of rotatable bonds is 2. The molecule has 4 rings (SSSR count). The number of nitrogens with one attached hydrogen (secondary N) is 1. The Morgan fingerprint density at radius 3 is 2.65 bits per heavy atom. The van der Waals surface area contributed by atoms with E-state index in [0.717, 1.165) is 48.2 Å². The fourth-order valence-corrected chi connectivity index (χ4v) is 4.21. The maximum Gasteiger partial charge on any atom is 0.332 e. The van der Waals surface area contributed by atoms with E-state index < -0.39 is 11.2 Å². The van der Waals surface area contributed by atoms with Crippen LogP contribution in [0, 0.1) is 11.3 Å². The van der Waals surface area contributed by atoms with Crippen LogP contribution in [-0.4, -0.2) is 25.6 Å². The number of hydrogen-bond donors (Lipinski definition) is 1. The summed E-state index contributed by atoms with van der Waals surface area (Å²) >= 11 is 0. The first-order valence-electron chi connectivity index (χ1n) is 9.07. The lowest BCUT2D eigenvalue weighted by Crippen LogP contribution is -2.42. The Kier molecular flexibility index (Phi) is 3.94. The standard InChI is InChI=1S/C18H22N6O2/c1-22-16(11(10-19)17(25)23(2)18(22)26)24-9-5-8-14(24)15-20-12-6-3-4-7-13(12)21-15/h14H,3-9H2,1-2H3,(H,20,21). The van der Waals surface area contributed by atoms with Crippen molar-refractivity contribution < 1.29 is 0 Å². The van der Waals surface area contributed by atoms with Gasteiger partial charge in [-0.05, 0) is 38.5 Å². The molecule has 2 aromatic rings.